The molecule has 0 radical (unpaired) electrons. The first-order chi connectivity index (χ1) is 9.06. The van der Waals surface area contributed by atoms with E-state index in [9.17, 15) is 4.79 Å². The summed E-state index contributed by atoms with van der Waals surface area (Å²) in [5, 5.41) is 8.97. The Morgan fingerprint density at radius 2 is 2.16 bits per heavy atom. The fourth-order valence-corrected chi connectivity index (χ4v) is 1.75. The van der Waals surface area contributed by atoms with Crippen molar-refractivity contribution in [3.8, 4) is 11.5 Å². The van der Waals surface area contributed by atoms with E-state index >= 15 is 0 Å². The second kappa shape index (κ2) is 5.59. The largest absolute Gasteiger partial charge is 0.493 e. The van der Waals surface area contributed by atoms with E-state index in [1.807, 2.05) is 6.07 Å². The van der Waals surface area contributed by atoms with Crippen LogP contribution in [0.15, 0.2) is 18.2 Å². The quantitative estimate of drug-likeness (QED) is 0.499. The molecule has 1 aliphatic heterocycles. The Hall–Kier alpha value is -1.59. The van der Waals surface area contributed by atoms with Gasteiger partial charge >= 0.3 is 5.97 Å². The summed E-state index contributed by atoms with van der Waals surface area (Å²) in [5.74, 6) is 0.377. The highest BCUT2D eigenvalue weighted by atomic mass is 16.6. The number of ether oxygens (including phenoxy) is 3. The van der Waals surface area contributed by atoms with Gasteiger partial charge in [-0.2, -0.15) is 0 Å². The second-order valence-electron chi connectivity index (χ2n) is 4.76. The normalized spacial score (nSPS) is 21.3. The predicted octanol–water partition coefficient (Wildman–Crippen LogP) is 1.69. The number of aliphatic hydroxyl groups is 1. The van der Waals surface area contributed by atoms with E-state index in [0.717, 1.165) is 5.56 Å². The lowest BCUT2D eigenvalue weighted by atomic mass is 10.1. The van der Waals surface area contributed by atoms with Crippen LogP contribution in [-0.4, -0.2) is 30.9 Å². The molecular weight excluding hydrogens is 248 g/mol. The smallest absolute Gasteiger partial charge is 0.313 e. The standard InChI is InChI=1S/C14H18O5/c1-8(2)14(16)19-10-5-4-9(6-11(10)17-3)13-12(7-15)18-13/h4-6,8,12-13,15H,7H2,1-3H3/t12-,13-/m1/s1. The molecule has 2 atom stereocenters. The van der Waals surface area contributed by atoms with Crippen molar-refractivity contribution in [1.29, 1.82) is 0 Å². The summed E-state index contributed by atoms with van der Waals surface area (Å²) in [4.78, 5) is 11.6. The average molecular weight is 266 g/mol. The van der Waals surface area contributed by atoms with Crippen molar-refractivity contribution in [3.63, 3.8) is 0 Å². The molecule has 104 valence electrons. The average Bonchev–Trinajstić information content (AvgIpc) is 3.18. The van der Waals surface area contributed by atoms with Crippen molar-refractivity contribution in [2.24, 2.45) is 5.92 Å². The minimum Gasteiger partial charge on any atom is -0.493 e. The third-order valence-electron chi connectivity index (χ3n) is 2.96. The third-order valence-corrected chi connectivity index (χ3v) is 2.96. The van der Waals surface area contributed by atoms with Gasteiger partial charge < -0.3 is 19.3 Å². The van der Waals surface area contributed by atoms with Gasteiger partial charge in [-0.05, 0) is 17.7 Å². The summed E-state index contributed by atoms with van der Waals surface area (Å²) in [7, 11) is 1.52. The molecule has 1 aliphatic rings. The summed E-state index contributed by atoms with van der Waals surface area (Å²) in [6.45, 7) is 3.54. The molecule has 5 heteroatoms. The van der Waals surface area contributed by atoms with Crippen LogP contribution < -0.4 is 9.47 Å². The van der Waals surface area contributed by atoms with Crippen LogP contribution in [-0.2, 0) is 9.53 Å². The van der Waals surface area contributed by atoms with Gasteiger partial charge in [-0.15, -0.1) is 0 Å². The van der Waals surface area contributed by atoms with E-state index in [2.05, 4.69) is 0 Å². The van der Waals surface area contributed by atoms with Crippen LogP contribution in [0, 0.1) is 5.92 Å². The molecule has 1 aromatic rings. The zero-order valence-electron chi connectivity index (χ0n) is 11.3. The number of rotatable bonds is 5. The molecule has 0 aliphatic carbocycles. The summed E-state index contributed by atoms with van der Waals surface area (Å²) in [5.41, 5.74) is 0.903. The minimum absolute atomic E-state index is 0.00291. The SMILES string of the molecule is COc1cc([C@H]2O[C@@H]2CO)ccc1OC(=O)C(C)C. The maximum absolute atomic E-state index is 11.6. The Morgan fingerprint density at radius 3 is 2.68 bits per heavy atom. The van der Waals surface area contributed by atoms with Crippen molar-refractivity contribution in [1.82, 2.24) is 0 Å². The monoisotopic (exact) mass is 266 g/mol. The molecule has 0 aromatic heterocycles. The van der Waals surface area contributed by atoms with Crippen molar-refractivity contribution < 1.29 is 24.1 Å². The number of carbonyl (C=O) groups is 1. The molecule has 0 bridgehead atoms. The van der Waals surface area contributed by atoms with E-state index in [1.165, 1.54) is 7.11 Å². The fraction of sp³-hybridized carbons (Fsp3) is 0.500. The predicted molar refractivity (Wildman–Crippen MR) is 68.2 cm³/mol. The van der Waals surface area contributed by atoms with Gasteiger partial charge in [0.1, 0.15) is 12.2 Å². The summed E-state index contributed by atoms with van der Waals surface area (Å²) in [6, 6.07) is 5.26. The van der Waals surface area contributed by atoms with Crippen LogP contribution >= 0.6 is 0 Å². The first kappa shape index (κ1) is 13.8. The van der Waals surface area contributed by atoms with Gasteiger partial charge in [0.15, 0.2) is 11.5 Å². The number of benzene rings is 1. The van der Waals surface area contributed by atoms with Gasteiger partial charge in [-0.1, -0.05) is 19.9 Å². The fourth-order valence-electron chi connectivity index (χ4n) is 1.75. The third kappa shape index (κ3) is 3.05. The first-order valence-electron chi connectivity index (χ1n) is 6.22. The van der Waals surface area contributed by atoms with E-state index in [-0.39, 0.29) is 30.7 Å². The van der Waals surface area contributed by atoms with Gasteiger partial charge in [-0.25, -0.2) is 0 Å². The Bertz CT molecular complexity index is 469. The molecule has 5 nitrogen and oxygen atoms in total. The zero-order valence-corrected chi connectivity index (χ0v) is 11.3. The molecule has 1 aromatic carbocycles. The number of hydrogen-bond donors (Lipinski definition) is 1. The molecule has 1 saturated heterocycles. The van der Waals surface area contributed by atoms with Crippen LogP contribution in [0.1, 0.15) is 25.5 Å². The molecule has 2 rings (SSSR count). The highest BCUT2D eigenvalue weighted by Gasteiger charge is 2.39. The number of esters is 1. The van der Waals surface area contributed by atoms with Crippen molar-refractivity contribution in [3.05, 3.63) is 23.8 Å². The van der Waals surface area contributed by atoms with Gasteiger partial charge in [-0.3, -0.25) is 4.79 Å². The topological polar surface area (TPSA) is 68.3 Å². The Morgan fingerprint density at radius 1 is 1.42 bits per heavy atom. The maximum atomic E-state index is 11.6. The molecule has 1 heterocycles. The number of carbonyl (C=O) groups excluding carboxylic acids is 1. The minimum atomic E-state index is -0.304. The highest BCUT2D eigenvalue weighted by Crippen LogP contribution is 2.41. The number of aliphatic hydroxyl groups excluding tert-OH is 1. The Balaban J connectivity index is 2.15. The van der Waals surface area contributed by atoms with E-state index in [4.69, 9.17) is 19.3 Å². The van der Waals surface area contributed by atoms with Gasteiger partial charge in [0.25, 0.3) is 0 Å². The molecule has 1 N–H and O–H groups in total. The lowest BCUT2D eigenvalue weighted by molar-refractivity contribution is -0.137. The summed E-state index contributed by atoms with van der Waals surface area (Å²) < 4.78 is 15.8. The van der Waals surface area contributed by atoms with Crippen LogP contribution in [0.5, 0.6) is 11.5 Å². The molecule has 19 heavy (non-hydrogen) atoms. The van der Waals surface area contributed by atoms with E-state index in [0.29, 0.717) is 11.5 Å². The van der Waals surface area contributed by atoms with Crippen LogP contribution in [0.3, 0.4) is 0 Å². The van der Waals surface area contributed by atoms with E-state index < -0.39 is 0 Å². The van der Waals surface area contributed by atoms with Gasteiger partial charge in [0.2, 0.25) is 0 Å². The Labute approximate surface area is 112 Å². The van der Waals surface area contributed by atoms with Gasteiger partial charge in [0, 0.05) is 0 Å². The molecular formula is C14H18O5. The highest BCUT2D eigenvalue weighted by molar-refractivity contribution is 5.75. The van der Waals surface area contributed by atoms with Crippen molar-refractivity contribution in [2.45, 2.75) is 26.1 Å². The molecule has 0 amide bonds. The molecule has 1 fully saturated rings. The Kier molecular flexibility index (Phi) is 4.07. The first-order valence-corrected chi connectivity index (χ1v) is 6.22. The van der Waals surface area contributed by atoms with Crippen molar-refractivity contribution in [2.75, 3.05) is 13.7 Å². The van der Waals surface area contributed by atoms with Gasteiger partial charge in [0.05, 0.1) is 19.6 Å². The lowest BCUT2D eigenvalue weighted by Gasteiger charge is -2.11. The van der Waals surface area contributed by atoms with Crippen LogP contribution in [0.25, 0.3) is 0 Å². The number of methoxy groups -OCH3 is 1. The van der Waals surface area contributed by atoms with Crippen LogP contribution in [0.4, 0.5) is 0 Å². The molecule has 0 unspecified atom stereocenters. The van der Waals surface area contributed by atoms with Crippen molar-refractivity contribution >= 4 is 5.97 Å². The summed E-state index contributed by atoms with van der Waals surface area (Å²) >= 11 is 0. The summed E-state index contributed by atoms with van der Waals surface area (Å²) in [6.07, 6.45) is -0.248. The van der Waals surface area contributed by atoms with Crippen LogP contribution in [0.2, 0.25) is 0 Å². The number of hydrogen-bond acceptors (Lipinski definition) is 5. The second-order valence-corrected chi connectivity index (χ2v) is 4.76. The maximum Gasteiger partial charge on any atom is 0.313 e. The van der Waals surface area contributed by atoms with E-state index in [1.54, 1.807) is 26.0 Å². The lowest BCUT2D eigenvalue weighted by Crippen LogP contribution is -2.15. The zero-order chi connectivity index (χ0) is 14.0. The number of epoxide rings is 1. The molecule has 0 saturated carbocycles. The molecule has 0 spiro atoms.